The molecule has 2 unspecified atom stereocenters. The van der Waals surface area contributed by atoms with Gasteiger partial charge in [0, 0.05) is 17.4 Å². The van der Waals surface area contributed by atoms with E-state index in [0.717, 1.165) is 23.4 Å². The minimum Gasteiger partial charge on any atom is -0.325 e. The second-order valence-electron chi connectivity index (χ2n) is 5.47. The number of amides is 1. The number of carbonyl (C=O) groups excluding carboxylic acids is 1. The Labute approximate surface area is 143 Å². The van der Waals surface area contributed by atoms with Crippen LogP contribution in [0.2, 0.25) is 0 Å². The predicted molar refractivity (Wildman–Crippen MR) is 95.5 cm³/mol. The molecule has 2 aromatic rings. The van der Waals surface area contributed by atoms with Crippen LogP contribution in [0.15, 0.2) is 36.5 Å². The average Bonchev–Trinajstić information content (AvgIpc) is 2.53. The molecular formula is C17H23ClN4O. The largest absolute Gasteiger partial charge is 0.325 e. The number of halogens is 1. The molecule has 0 bridgehead atoms. The minimum absolute atomic E-state index is 0. The summed E-state index contributed by atoms with van der Waals surface area (Å²) < 4.78 is 0. The highest BCUT2D eigenvalue weighted by atomic mass is 35.5. The maximum Gasteiger partial charge on any atom is 0.241 e. The summed E-state index contributed by atoms with van der Waals surface area (Å²) in [5, 5.41) is 2.87. The molecular weight excluding hydrogens is 312 g/mol. The maximum atomic E-state index is 12.2. The van der Waals surface area contributed by atoms with Crippen LogP contribution in [0.3, 0.4) is 0 Å². The molecule has 1 aromatic carbocycles. The molecule has 0 aliphatic carbocycles. The van der Waals surface area contributed by atoms with Crippen LogP contribution in [0.1, 0.15) is 26.1 Å². The first-order chi connectivity index (χ1) is 10.5. The lowest BCUT2D eigenvalue weighted by molar-refractivity contribution is -0.118. The molecule has 0 radical (unpaired) electrons. The first kappa shape index (κ1) is 19.1. The Morgan fingerprint density at radius 2 is 2.09 bits per heavy atom. The van der Waals surface area contributed by atoms with Crippen molar-refractivity contribution in [3.8, 4) is 11.3 Å². The molecule has 23 heavy (non-hydrogen) atoms. The number of benzene rings is 1. The van der Waals surface area contributed by atoms with Crippen molar-refractivity contribution in [3.63, 3.8) is 0 Å². The van der Waals surface area contributed by atoms with Gasteiger partial charge in [-0.05, 0) is 31.0 Å². The second kappa shape index (κ2) is 8.60. The van der Waals surface area contributed by atoms with Crippen LogP contribution in [0.4, 0.5) is 5.69 Å². The molecule has 1 heterocycles. The molecule has 0 aliphatic rings. The Morgan fingerprint density at radius 1 is 1.35 bits per heavy atom. The Hall–Kier alpha value is -1.98. The highest BCUT2D eigenvalue weighted by molar-refractivity contribution is 5.95. The highest BCUT2D eigenvalue weighted by Crippen LogP contribution is 2.21. The molecule has 2 atom stereocenters. The quantitative estimate of drug-likeness (QED) is 0.879. The number of rotatable bonds is 5. The van der Waals surface area contributed by atoms with Gasteiger partial charge in [0.15, 0.2) is 0 Å². The topological polar surface area (TPSA) is 80.9 Å². The fraction of sp³-hybridized carbons (Fsp3) is 0.353. The second-order valence-corrected chi connectivity index (χ2v) is 5.47. The van der Waals surface area contributed by atoms with Crippen LogP contribution < -0.4 is 11.1 Å². The smallest absolute Gasteiger partial charge is 0.241 e. The van der Waals surface area contributed by atoms with E-state index < -0.39 is 6.04 Å². The number of aromatic nitrogens is 2. The number of hydrogen-bond donors (Lipinski definition) is 2. The molecule has 124 valence electrons. The van der Waals surface area contributed by atoms with E-state index in [0.29, 0.717) is 5.82 Å². The Bertz CT molecular complexity index is 663. The number of nitrogens with zero attached hydrogens (tertiary/aromatic N) is 2. The number of anilines is 1. The van der Waals surface area contributed by atoms with E-state index in [1.807, 2.05) is 51.1 Å². The zero-order chi connectivity index (χ0) is 16.1. The van der Waals surface area contributed by atoms with Crippen LogP contribution in [-0.2, 0) is 4.79 Å². The summed E-state index contributed by atoms with van der Waals surface area (Å²) >= 11 is 0. The number of hydrogen-bond acceptors (Lipinski definition) is 4. The normalized spacial score (nSPS) is 12.9. The monoisotopic (exact) mass is 334 g/mol. The van der Waals surface area contributed by atoms with Gasteiger partial charge in [0.1, 0.15) is 5.82 Å². The van der Waals surface area contributed by atoms with E-state index >= 15 is 0 Å². The fourth-order valence-electron chi connectivity index (χ4n) is 2.11. The van der Waals surface area contributed by atoms with Crippen molar-refractivity contribution >= 4 is 24.0 Å². The van der Waals surface area contributed by atoms with Crippen molar-refractivity contribution in [1.82, 2.24) is 9.97 Å². The fourth-order valence-corrected chi connectivity index (χ4v) is 2.11. The van der Waals surface area contributed by atoms with Gasteiger partial charge in [-0.15, -0.1) is 12.4 Å². The summed E-state index contributed by atoms with van der Waals surface area (Å²) in [6, 6.07) is 8.92. The third-order valence-corrected chi connectivity index (χ3v) is 3.76. The summed E-state index contributed by atoms with van der Waals surface area (Å²) in [6.07, 6.45) is 2.59. The molecule has 1 aromatic heterocycles. The van der Waals surface area contributed by atoms with E-state index in [9.17, 15) is 4.79 Å². The van der Waals surface area contributed by atoms with Crippen LogP contribution in [-0.4, -0.2) is 21.9 Å². The lowest BCUT2D eigenvalue weighted by Crippen LogP contribution is -2.40. The molecule has 0 saturated carbocycles. The van der Waals surface area contributed by atoms with Crippen LogP contribution in [0.25, 0.3) is 11.3 Å². The van der Waals surface area contributed by atoms with Gasteiger partial charge < -0.3 is 11.1 Å². The van der Waals surface area contributed by atoms with Crippen molar-refractivity contribution in [1.29, 1.82) is 0 Å². The number of carbonyl (C=O) groups is 1. The number of aryl methyl sites for hydroxylation is 1. The third-order valence-electron chi connectivity index (χ3n) is 3.76. The van der Waals surface area contributed by atoms with Gasteiger partial charge in [-0.3, -0.25) is 4.79 Å². The van der Waals surface area contributed by atoms with Crippen LogP contribution >= 0.6 is 12.4 Å². The third kappa shape index (κ3) is 5.01. The molecule has 0 spiro atoms. The minimum atomic E-state index is -0.505. The highest BCUT2D eigenvalue weighted by Gasteiger charge is 2.19. The van der Waals surface area contributed by atoms with Gasteiger partial charge >= 0.3 is 0 Å². The summed E-state index contributed by atoms with van der Waals surface area (Å²) in [7, 11) is 0. The number of nitrogens with one attached hydrogen (secondary N) is 1. The van der Waals surface area contributed by atoms with Crippen LogP contribution in [0.5, 0.6) is 0 Å². The van der Waals surface area contributed by atoms with Gasteiger partial charge in [0.05, 0.1) is 11.7 Å². The SMILES string of the molecule is CCC(C)C(N)C(=O)Nc1cccc(-c2ccnc(C)n2)c1.Cl. The van der Waals surface area contributed by atoms with Crippen molar-refractivity contribution < 1.29 is 4.79 Å². The first-order valence-electron chi connectivity index (χ1n) is 7.47. The standard InChI is InChI=1S/C17H22N4O.ClH/c1-4-11(2)16(18)17(22)21-14-7-5-6-13(10-14)15-8-9-19-12(3)20-15;/h5-11,16H,4,18H2,1-3H3,(H,21,22);1H. The molecule has 3 N–H and O–H groups in total. The van der Waals surface area contributed by atoms with Crippen molar-refractivity contribution in [2.75, 3.05) is 5.32 Å². The average molecular weight is 335 g/mol. The molecule has 6 heteroatoms. The van der Waals surface area contributed by atoms with E-state index in [1.165, 1.54) is 0 Å². The zero-order valence-electron chi connectivity index (χ0n) is 13.6. The molecule has 5 nitrogen and oxygen atoms in total. The summed E-state index contributed by atoms with van der Waals surface area (Å²) in [4.78, 5) is 20.6. The van der Waals surface area contributed by atoms with E-state index in [-0.39, 0.29) is 24.2 Å². The molecule has 0 saturated heterocycles. The molecule has 0 aliphatic heterocycles. The summed E-state index contributed by atoms with van der Waals surface area (Å²) in [6.45, 7) is 5.85. The lowest BCUT2D eigenvalue weighted by atomic mass is 9.99. The van der Waals surface area contributed by atoms with Gasteiger partial charge in [0.25, 0.3) is 0 Å². The number of nitrogens with two attached hydrogens (primary N) is 1. The van der Waals surface area contributed by atoms with Gasteiger partial charge in [-0.2, -0.15) is 0 Å². The summed E-state index contributed by atoms with van der Waals surface area (Å²) in [5.74, 6) is 0.698. The first-order valence-corrected chi connectivity index (χ1v) is 7.47. The van der Waals surface area contributed by atoms with Crippen molar-refractivity contribution in [3.05, 3.63) is 42.4 Å². The molecule has 0 fully saturated rings. The van der Waals surface area contributed by atoms with E-state index in [1.54, 1.807) is 6.20 Å². The Kier molecular flexibility index (Phi) is 7.13. The maximum absolute atomic E-state index is 12.2. The van der Waals surface area contributed by atoms with Crippen molar-refractivity contribution in [2.45, 2.75) is 33.2 Å². The predicted octanol–water partition coefficient (Wildman–Crippen LogP) is 3.19. The van der Waals surface area contributed by atoms with E-state index in [4.69, 9.17) is 5.73 Å². The molecule has 1 amide bonds. The van der Waals surface area contributed by atoms with Crippen molar-refractivity contribution in [2.24, 2.45) is 11.7 Å². The Morgan fingerprint density at radius 3 is 2.74 bits per heavy atom. The summed E-state index contributed by atoms with van der Waals surface area (Å²) in [5.41, 5.74) is 8.43. The lowest BCUT2D eigenvalue weighted by Gasteiger charge is -2.18. The van der Waals surface area contributed by atoms with Gasteiger partial charge in [-0.1, -0.05) is 32.4 Å². The van der Waals surface area contributed by atoms with E-state index in [2.05, 4.69) is 15.3 Å². The zero-order valence-corrected chi connectivity index (χ0v) is 14.4. The molecule has 2 rings (SSSR count). The van der Waals surface area contributed by atoms with Gasteiger partial charge in [-0.25, -0.2) is 9.97 Å². The van der Waals surface area contributed by atoms with Gasteiger partial charge in [0.2, 0.25) is 5.91 Å². The van der Waals surface area contributed by atoms with Crippen LogP contribution in [0, 0.1) is 12.8 Å². The Balaban J connectivity index is 0.00000264.